The number of amides is 1. The molecule has 124 valence electrons. The molecule has 3 rings (SSSR count). The molecule has 22 heavy (non-hydrogen) atoms. The molecule has 0 bridgehead atoms. The Morgan fingerprint density at radius 3 is 2.73 bits per heavy atom. The van der Waals surface area contributed by atoms with Crippen LogP contribution >= 0.6 is 0 Å². The smallest absolute Gasteiger partial charge is 0.311 e. The molecule has 2 heterocycles. The van der Waals surface area contributed by atoms with Crippen molar-refractivity contribution in [3.63, 3.8) is 0 Å². The summed E-state index contributed by atoms with van der Waals surface area (Å²) in [5.41, 5.74) is -0.683. The van der Waals surface area contributed by atoms with E-state index in [-0.39, 0.29) is 17.9 Å². The van der Waals surface area contributed by atoms with Crippen molar-refractivity contribution in [1.82, 2.24) is 4.90 Å². The van der Waals surface area contributed by atoms with Crippen molar-refractivity contribution in [3.8, 4) is 0 Å². The summed E-state index contributed by atoms with van der Waals surface area (Å²) in [6.45, 7) is 2.86. The SMILES string of the molecule is O=C(CCOC1CCOCC1)N1C[C@@H]2CCC[C@@]2(C(=O)O)C1. The fourth-order valence-corrected chi connectivity index (χ4v) is 4.14. The fraction of sp³-hybridized carbons (Fsp3) is 0.875. The van der Waals surface area contributed by atoms with Crippen LogP contribution in [0.2, 0.25) is 0 Å². The highest BCUT2D eigenvalue weighted by Crippen LogP contribution is 2.48. The van der Waals surface area contributed by atoms with Crippen LogP contribution in [0.5, 0.6) is 0 Å². The van der Waals surface area contributed by atoms with E-state index in [4.69, 9.17) is 9.47 Å². The maximum Gasteiger partial charge on any atom is 0.311 e. The largest absolute Gasteiger partial charge is 0.481 e. The first-order valence-electron chi connectivity index (χ1n) is 8.32. The molecule has 0 radical (unpaired) electrons. The lowest BCUT2D eigenvalue weighted by Gasteiger charge is -2.24. The molecule has 3 fully saturated rings. The topological polar surface area (TPSA) is 76.1 Å². The zero-order chi connectivity index (χ0) is 15.6. The third-order valence-corrected chi connectivity index (χ3v) is 5.49. The Morgan fingerprint density at radius 1 is 1.27 bits per heavy atom. The Bertz CT molecular complexity index is 434. The molecule has 1 saturated carbocycles. The van der Waals surface area contributed by atoms with E-state index in [9.17, 15) is 14.7 Å². The number of carboxylic acid groups (broad SMARTS) is 1. The number of likely N-dealkylation sites (tertiary alicyclic amines) is 1. The number of hydrogen-bond acceptors (Lipinski definition) is 4. The number of carboxylic acids is 1. The van der Waals surface area contributed by atoms with Gasteiger partial charge in [0.1, 0.15) is 0 Å². The molecule has 3 aliphatic rings. The molecule has 1 N–H and O–H groups in total. The molecule has 0 aromatic rings. The van der Waals surface area contributed by atoms with Crippen molar-refractivity contribution in [2.75, 3.05) is 32.9 Å². The van der Waals surface area contributed by atoms with Gasteiger partial charge in [-0.3, -0.25) is 9.59 Å². The number of carbonyl (C=O) groups is 2. The molecule has 1 aliphatic carbocycles. The molecule has 0 aromatic carbocycles. The first-order chi connectivity index (χ1) is 10.6. The minimum atomic E-state index is -0.733. The van der Waals surface area contributed by atoms with Crippen LogP contribution in [0.15, 0.2) is 0 Å². The summed E-state index contributed by atoms with van der Waals surface area (Å²) in [5, 5.41) is 9.55. The van der Waals surface area contributed by atoms with Gasteiger partial charge in [0.2, 0.25) is 5.91 Å². The molecule has 6 nitrogen and oxygen atoms in total. The van der Waals surface area contributed by atoms with Gasteiger partial charge >= 0.3 is 5.97 Å². The van der Waals surface area contributed by atoms with Crippen molar-refractivity contribution >= 4 is 11.9 Å². The zero-order valence-corrected chi connectivity index (χ0v) is 13.0. The summed E-state index contributed by atoms with van der Waals surface area (Å²) in [5.74, 6) is -0.573. The summed E-state index contributed by atoms with van der Waals surface area (Å²) in [4.78, 5) is 25.7. The molecule has 1 amide bonds. The van der Waals surface area contributed by atoms with E-state index in [0.717, 1.165) is 38.9 Å². The summed E-state index contributed by atoms with van der Waals surface area (Å²) in [6, 6.07) is 0. The van der Waals surface area contributed by atoms with Gasteiger partial charge in [0.05, 0.1) is 24.5 Å². The number of nitrogens with zero attached hydrogens (tertiary/aromatic N) is 1. The summed E-state index contributed by atoms with van der Waals surface area (Å²) in [6.07, 6.45) is 4.92. The second-order valence-electron chi connectivity index (χ2n) is 6.76. The zero-order valence-electron chi connectivity index (χ0n) is 13.0. The van der Waals surface area contributed by atoms with Crippen LogP contribution in [0.25, 0.3) is 0 Å². The van der Waals surface area contributed by atoms with Crippen molar-refractivity contribution in [1.29, 1.82) is 0 Å². The lowest BCUT2D eigenvalue weighted by Crippen LogP contribution is -2.37. The van der Waals surface area contributed by atoms with Crippen LogP contribution < -0.4 is 0 Å². The van der Waals surface area contributed by atoms with Crippen LogP contribution in [0.4, 0.5) is 0 Å². The van der Waals surface area contributed by atoms with Crippen molar-refractivity contribution < 1.29 is 24.2 Å². The maximum atomic E-state index is 12.3. The quantitative estimate of drug-likeness (QED) is 0.828. The third kappa shape index (κ3) is 2.99. The normalized spacial score (nSPS) is 32.2. The Labute approximate surface area is 130 Å². The van der Waals surface area contributed by atoms with Crippen molar-refractivity contribution in [2.24, 2.45) is 11.3 Å². The molecular formula is C16H25NO5. The first-order valence-corrected chi connectivity index (χ1v) is 8.32. The highest BCUT2D eigenvalue weighted by Gasteiger charge is 2.55. The van der Waals surface area contributed by atoms with Gasteiger partial charge in [-0.1, -0.05) is 6.42 Å². The number of aliphatic carboxylic acids is 1. The van der Waals surface area contributed by atoms with Crippen LogP contribution in [0, 0.1) is 11.3 Å². The summed E-state index contributed by atoms with van der Waals surface area (Å²) in [7, 11) is 0. The predicted molar refractivity (Wildman–Crippen MR) is 78.4 cm³/mol. The van der Waals surface area contributed by atoms with E-state index in [2.05, 4.69) is 0 Å². The van der Waals surface area contributed by atoms with E-state index in [1.807, 2.05) is 0 Å². The van der Waals surface area contributed by atoms with E-state index in [1.165, 1.54) is 0 Å². The van der Waals surface area contributed by atoms with Gasteiger partial charge < -0.3 is 19.5 Å². The monoisotopic (exact) mass is 311 g/mol. The molecular weight excluding hydrogens is 286 g/mol. The minimum absolute atomic E-state index is 0.0297. The molecule has 0 unspecified atom stereocenters. The maximum absolute atomic E-state index is 12.3. The van der Waals surface area contributed by atoms with Crippen LogP contribution in [0.1, 0.15) is 38.5 Å². The molecule has 2 aliphatic heterocycles. The Morgan fingerprint density at radius 2 is 2.05 bits per heavy atom. The number of rotatable bonds is 5. The predicted octanol–water partition coefficient (Wildman–Crippen LogP) is 1.29. The van der Waals surface area contributed by atoms with Gasteiger partial charge in [-0.15, -0.1) is 0 Å². The number of hydrogen-bond donors (Lipinski definition) is 1. The van der Waals surface area contributed by atoms with Gasteiger partial charge in [-0.2, -0.15) is 0 Å². The Hall–Kier alpha value is -1.14. The van der Waals surface area contributed by atoms with Crippen LogP contribution in [0.3, 0.4) is 0 Å². The average Bonchev–Trinajstić information content (AvgIpc) is 3.06. The number of fused-ring (bicyclic) bond motifs is 1. The van der Waals surface area contributed by atoms with Gasteiger partial charge in [0.25, 0.3) is 0 Å². The lowest BCUT2D eigenvalue weighted by atomic mass is 9.81. The van der Waals surface area contributed by atoms with E-state index in [1.54, 1.807) is 4.90 Å². The summed E-state index contributed by atoms with van der Waals surface area (Å²) < 4.78 is 11.0. The van der Waals surface area contributed by atoms with Gasteiger partial charge in [-0.25, -0.2) is 0 Å². The lowest BCUT2D eigenvalue weighted by molar-refractivity contribution is -0.149. The van der Waals surface area contributed by atoms with Gasteiger partial charge in [-0.05, 0) is 31.6 Å². The number of ether oxygens (including phenoxy) is 2. The van der Waals surface area contributed by atoms with Crippen molar-refractivity contribution in [3.05, 3.63) is 0 Å². The minimum Gasteiger partial charge on any atom is -0.481 e. The average molecular weight is 311 g/mol. The van der Waals surface area contributed by atoms with Gasteiger partial charge in [0, 0.05) is 26.3 Å². The second kappa shape index (κ2) is 6.54. The van der Waals surface area contributed by atoms with E-state index in [0.29, 0.717) is 32.5 Å². The second-order valence-corrected chi connectivity index (χ2v) is 6.76. The Balaban J connectivity index is 1.46. The molecule has 0 spiro atoms. The summed E-state index contributed by atoms with van der Waals surface area (Å²) >= 11 is 0. The highest BCUT2D eigenvalue weighted by atomic mass is 16.5. The molecule has 2 saturated heterocycles. The number of carbonyl (C=O) groups excluding carboxylic acids is 1. The fourth-order valence-electron chi connectivity index (χ4n) is 4.14. The van der Waals surface area contributed by atoms with Crippen LogP contribution in [-0.4, -0.2) is 60.9 Å². The van der Waals surface area contributed by atoms with E-state index >= 15 is 0 Å². The molecule has 6 heteroatoms. The van der Waals surface area contributed by atoms with Gasteiger partial charge in [0.15, 0.2) is 0 Å². The third-order valence-electron chi connectivity index (χ3n) is 5.49. The first kappa shape index (κ1) is 15.7. The van der Waals surface area contributed by atoms with Crippen LogP contribution in [-0.2, 0) is 19.1 Å². The Kier molecular flexibility index (Phi) is 4.68. The molecule has 2 atom stereocenters. The molecule has 0 aromatic heterocycles. The highest BCUT2D eigenvalue weighted by molar-refractivity contribution is 5.81. The van der Waals surface area contributed by atoms with E-state index < -0.39 is 11.4 Å². The van der Waals surface area contributed by atoms with Crippen molar-refractivity contribution in [2.45, 2.75) is 44.6 Å². The standard InChI is InChI=1S/C16H25NO5/c18-14(5-9-22-13-3-7-21-8-4-13)17-10-12-2-1-6-16(12,11-17)15(19)20/h12-13H,1-11H2,(H,19,20)/t12-,16+/m0/s1.